The van der Waals surface area contributed by atoms with Crippen molar-refractivity contribution in [2.75, 3.05) is 0 Å². The van der Waals surface area contributed by atoms with Gasteiger partial charge in [0.2, 0.25) is 0 Å². The van der Waals surface area contributed by atoms with E-state index in [9.17, 15) is 0 Å². The quantitative estimate of drug-likeness (QED) is 0.521. The number of allylic oxidation sites excluding steroid dienone is 1. The molecular weight excluding hydrogens is 240 g/mol. The SMILES string of the molecule is CCC(=Cc1ccccc1)c1ccc2ccccc2c1. The van der Waals surface area contributed by atoms with Gasteiger partial charge in [-0.15, -0.1) is 0 Å². The number of hydrogen-bond acceptors (Lipinski definition) is 0. The van der Waals surface area contributed by atoms with Crippen LogP contribution >= 0.6 is 0 Å². The van der Waals surface area contributed by atoms with Crippen LogP contribution in [0.4, 0.5) is 0 Å². The summed E-state index contributed by atoms with van der Waals surface area (Å²) in [6.45, 7) is 2.21. The third kappa shape index (κ3) is 2.65. The lowest BCUT2D eigenvalue weighted by atomic mass is 9.98. The van der Waals surface area contributed by atoms with E-state index in [1.165, 1.54) is 27.5 Å². The second kappa shape index (κ2) is 5.75. The van der Waals surface area contributed by atoms with Crippen LogP contribution in [0.3, 0.4) is 0 Å². The van der Waals surface area contributed by atoms with Crippen molar-refractivity contribution < 1.29 is 0 Å². The Kier molecular flexibility index (Phi) is 3.64. The van der Waals surface area contributed by atoms with Gasteiger partial charge in [-0.3, -0.25) is 0 Å². The first-order valence-electron chi connectivity index (χ1n) is 7.11. The van der Waals surface area contributed by atoms with Crippen molar-refractivity contribution in [1.29, 1.82) is 0 Å². The van der Waals surface area contributed by atoms with E-state index >= 15 is 0 Å². The molecule has 0 nitrogen and oxygen atoms in total. The molecule has 0 aromatic heterocycles. The van der Waals surface area contributed by atoms with E-state index in [-0.39, 0.29) is 0 Å². The molecule has 0 atom stereocenters. The Morgan fingerprint density at radius 2 is 1.50 bits per heavy atom. The second-order valence-corrected chi connectivity index (χ2v) is 5.00. The molecule has 3 aromatic rings. The predicted octanol–water partition coefficient (Wildman–Crippen LogP) is 5.79. The molecule has 0 unspecified atom stereocenters. The van der Waals surface area contributed by atoms with Gasteiger partial charge in [0, 0.05) is 0 Å². The highest BCUT2D eigenvalue weighted by atomic mass is 14.1. The van der Waals surface area contributed by atoms with Crippen LogP contribution in [0.5, 0.6) is 0 Å². The summed E-state index contributed by atoms with van der Waals surface area (Å²) in [5.41, 5.74) is 3.95. The molecule has 0 radical (unpaired) electrons. The molecule has 0 aliphatic carbocycles. The van der Waals surface area contributed by atoms with Gasteiger partial charge in [0.25, 0.3) is 0 Å². The van der Waals surface area contributed by atoms with Gasteiger partial charge in [-0.1, -0.05) is 79.7 Å². The molecule has 20 heavy (non-hydrogen) atoms. The highest BCUT2D eigenvalue weighted by Gasteiger charge is 2.01. The first-order chi connectivity index (χ1) is 9.86. The van der Waals surface area contributed by atoms with E-state index in [1.54, 1.807) is 0 Å². The molecule has 0 heterocycles. The molecule has 0 saturated heterocycles. The molecule has 3 aromatic carbocycles. The normalized spacial score (nSPS) is 11.8. The molecule has 0 aliphatic rings. The van der Waals surface area contributed by atoms with Crippen LogP contribution in [0.25, 0.3) is 22.4 Å². The van der Waals surface area contributed by atoms with Crippen LogP contribution in [0.15, 0.2) is 72.8 Å². The summed E-state index contributed by atoms with van der Waals surface area (Å²) in [5, 5.41) is 2.60. The van der Waals surface area contributed by atoms with Crippen molar-refractivity contribution >= 4 is 22.4 Å². The minimum absolute atomic E-state index is 1.03. The highest BCUT2D eigenvalue weighted by Crippen LogP contribution is 2.25. The lowest BCUT2D eigenvalue weighted by Gasteiger charge is -2.07. The fourth-order valence-corrected chi connectivity index (χ4v) is 2.53. The Morgan fingerprint density at radius 3 is 2.25 bits per heavy atom. The summed E-state index contributed by atoms with van der Waals surface area (Å²) < 4.78 is 0. The van der Waals surface area contributed by atoms with Crippen LogP contribution in [-0.4, -0.2) is 0 Å². The summed E-state index contributed by atoms with van der Waals surface area (Å²) in [6.07, 6.45) is 3.32. The molecular formula is C20H18. The zero-order valence-electron chi connectivity index (χ0n) is 11.7. The number of hydrogen-bond donors (Lipinski definition) is 0. The predicted molar refractivity (Wildman–Crippen MR) is 88.6 cm³/mol. The van der Waals surface area contributed by atoms with E-state index in [2.05, 4.69) is 85.8 Å². The van der Waals surface area contributed by atoms with Crippen LogP contribution in [-0.2, 0) is 0 Å². The van der Waals surface area contributed by atoms with E-state index < -0.39 is 0 Å². The number of rotatable bonds is 3. The van der Waals surface area contributed by atoms with Gasteiger partial charge in [0.1, 0.15) is 0 Å². The van der Waals surface area contributed by atoms with Crippen LogP contribution in [0, 0.1) is 0 Å². The average Bonchev–Trinajstić information content (AvgIpc) is 2.53. The first kappa shape index (κ1) is 12.7. The summed E-state index contributed by atoms with van der Waals surface area (Å²) in [5.74, 6) is 0. The minimum atomic E-state index is 1.03. The summed E-state index contributed by atoms with van der Waals surface area (Å²) in [6, 6.07) is 25.8. The zero-order chi connectivity index (χ0) is 13.8. The molecule has 98 valence electrons. The van der Waals surface area contributed by atoms with Gasteiger partial charge in [0.15, 0.2) is 0 Å². The molecule has 0 spiro atoms. The van der Waals surface area contributed by atoms with Gasteiger partial charge in [-0.05, 0) is 40.0 Å². The van der Waals surface area contributed by atoms with Crippen molar-refractivity contribution in [3.8, 4) is 0 Å². The molecule has 0 aliphatic heterocycles. The summed E-state index contributed by atoms with van der Waals surface area (Å²) >= 11 is 0. The van der Waals surface area contributed by atoms with Gasteiger partial charge >= 0.3 is 0 Å². The molecule has 0 fully saturated rings. The Balaban J connectivity index is 2.05. The molecule has 0 N–H and O–H groups in total. The number of benzene rings is 3. The van der Waals surface area contributed by atoms with Gasteiger partial charge < -0.3 is 0 Å². The molecule has 0 heteroatoms. The van der Waals surface area contributed by atoms with Gasteiger partial charge in [-0.25, -0.2) is 0 Å². The Bertz CT molecular complexity index is 736. The van der Waals surface area contributed by atoms with E-state index in [0.717, 1.165) is 6.42 Å². The Hall–Kier alpha value is -2.34. The first-order valence-corrected chi connectivity index (χ1v) is 7.11. The van der Waals surface area contributed by atoms with Gasteiger partial charge in [0.05, 0.1) is 0 Å². The summed E-state index contributed by atoms with van der Waals surface area (Å²) in [7, 11) is 0. The smallest absolute Gasteiger partial charge is 0.0178 e. The van der Waals surface area contributed by atoms with Crippen molar-refractivity contribution in [3.63, 3.8) is 0 Å². The van der Waals surface area contributed by atoms with E-state index in [4.69, 9.17) is 0 Å². The maximum absolute atomic E-state index is 2.29. The maximum atomic E-state index is 2.29. The summed E-state index contributed by atoms with van der Waals surface area (Å²) in [4.78, 5) is 0. The van der Waals surface area contributed by atoms with Crippen molar-refractivity contribution in [2.24, 2.45) is 0 Å². The average molecular weight is 258 g/mol. The monoisotopic (exact) mass is 258 g/mol. The largest absolute Gasteiger partial charge is 0.0622 e. The zero-order valence-corrected chi connectivity index (χ0v) is 11.7. The lowest BCUT2D eigenvalue weighted by Crippen LogP contribution is -1.84. The van der Waals surface area contributed by atoms with Gasteiger partial charge in [-0.2, -0.15) is 0 Å². The highest BCUT2D eigenvalue weighted by molar-refractivity contribution is 5.89. The fourth-order valence-electron chi connectivity index (χ4n) is 2.53. The standard InChI is InChI=1S/C20H18/c1-2-17(14-16-8-4-3-5-9-16)20-13-12-18-10-6-7-11-19(18)15-20/h3-15H,2H2,1H3. The maximum Gasteiger partial charge on any atom is -0.0178 e. The Morgan fingerprint density at radius 1 is 0.800 bits per heavy atom. The Labute approximate surface area is 120 Å². The molecule has 0 bridgehead atoms. The fraction of sp³-hybridized carbons (Fsp3) is 0.100. The third-order valence-corrected chi connectivity index (χ3v) is 3.64. The number of fused-ring (bicyclic) bond motifs is 1. The van der Waals surface area contributed by atoms with Crippen molar-refractivity contribution in [3.05, 3.63) is 83.9 Å². The molecule has 0 amide bonds. The molecule has 0 saturated carbocycles. The van der Waals surface area contributed by atoms with E-state index in [0.29, 0.717) is 0 Å². The lowest BCUT2D eigenvalue weighted by molar-refractivity contribution is 1.25. The second-order valence-electron chi connectivity index (χ2n) is 5.00. The molecule has 3 rings (SSSR count). The topological polar surface area (TPSA) is 0 Å². The van der Waals surface area contributed by atoms with Crippen LogP contribution in [0.1, 0.15) is 24.5 Å². The van der Waals surface area contributed by atoms with Crippen LogP contribution in [0.2, 0.25) is 0 Å². The van der Waals surface area contributed by atoms with E-state index in [1.807, 2.05) is 0 Å². The minimum Gasteiger partial charge on any atom is -0.0622 e. The van der Waals surface area contributed by atoms with Crippen LogP contribution < -0.4 is 0 Å². The third-order valence-electron chi connectivity index (χ3n) is 3.64. The van der Waals surface area contributed by atoms with Crippen molar-refractivity contribution in [1.82, 2.24) is 0 Å². The van der Waals surface area contributed by atoms with Crippen molar-refractivity contribution in [2.45, 2.75) is 13.3 Å².